The Kier molecular flexibility index (Phi) is 8.01. The molecular formula is C22H36ClN3O2. The fourth-order valence-corrected chi connectivity index (χ4v) is 4.94. The number of likely N-dealkylation sites (tertiary alicyclic amines) is 1. The van der Waals surface area contributed by atoms with E-state index in [4.69, 9.17) is 11.6 Å². The highest BCUT2D eigenvalue weighted by Gasteiger charge is 2.40. The van der Waals surface area contributed by atoms with Crippen molar-refractivity contribution in [2.75, 3.05) is 63.9 Å². The molecule has 28 heavy (non-hydrogen) atoms. The number of rotatable bonds is 8. The minimum Gasteiger partial charge on any atom is -0.396 e. The maximum Gasteiger partial charge on any atom is 0.0745 e. The van der Waals surface area contributed by atoms with E-state index >= 15 is 0 Å². The van der Waals surface area contributed by atoms with E-state index in [0.29, 0.717) is 6.54 Å². The molecule has 5 nitrogen and oxygen atoms in total. The molecule has 6 heteroatoms. The minimum atomic E-state index is -0.410. The first-order chi connectivity index (χ1) is 13.6. The lowest BCUT2D eigenvalue weighted by Gasteiger charge is -2.45. The van der Waals surface area contributed by atoms with E-state index in [1.165, 1.54) is 5.69 Å². The average molecular weight is 410 g/mol. The molecule has 0 saturated carbocycles. The largest absolute Gasteiger partial charge is 0.396 e. The van der Waals surface area contributed by atoms with Gasteiger partial charge in [-0.05, 0) is 57.1 Å². The second kappa shape index (κ2) is 10.3. The van der Waals surface area contributed by atoms with Crippen LogP contribution in [0, 0.1) is 5.41 Å². The molecule has 0 unspecified atom stereocenters. The standard InChI is InChI=1S/C22H36ClN3O2/c1-2-7-22(18-27)8-11-25(17-21(22)28)10-4-9-24-12-14-26(15-13-24)20-6-3-5-19(23)16-20/h3,5-6,16,21,27-28H,2,4,7-15,17-18H2,1H3/t21-,22-/m1/s1. The van der Waals surface area contributed by atoms with Crippen LogP contribution >= 0.6 is 11.6 Å². The number of hydrogen-bond acceptors (Lipinski definition) is 5. The number of aliphatic hydroxyl groups is 2. The molecule has 3 rings (SSSR count). The van der Waals surface area contributed by atoms with Gasteiger partial charge < -0.3 is 20.0 Å². The van der Waals surface area contributed by atoms with Gasteiger partial charge in [0.15, 0.2) is 0 Å². The summed E-state index contributed by atoms with van der Waals surface area (Å²) in [6.45, 7) is 10.3. The Morgan fingerprint density at radius 1 is 1.11 bits per heavy atom. The van der Waals surface area contributed by atoms with Crippen molar-refractivity contribution in [3.05, 3.63) is 29.3 Å². The zero-order valence-corrected chi connectivity index (χ0v) is 17.9. The molecular weight excluding hydrogens is 374 g/mol. The molecule has 2 saturated heterocycles. The Bertz CT molecular complexity index is 609. The molecule has 0 amide bonds. The Hall–Kier alpha value is -0.850. The average Bonchev–Trinajstić information content (AvgIpc) is 2.71. The van der Waals surface area contributed by atoms with Crippen molar-refractivity contribution in [1.29, 1.82) is 0 Å². The maximum atomic E-state index is 10.6. The van der Waals surface area contributed by atoms with Crippen LogP contribution in [0.15, 0.2) is 24.3 Å². The van der Waals surface area contributed by atoms with E-state index in [2.05, 4.69) is 27.7 Å². The number of hydrogen-bond donors (Lipinski definition) is 2. The molecule has 0 spiro atoms. The van der Waals surface area contributed by atoms with Crippen molar-refractivity contribution in [3.63, 3.8) is 0 Å². The maximum absolute atomic E-state index is 10.6. The summed E-state index contributed by atoms with van der Waals surface area (Å²) in [4.78, 5) is 7.32. The zero-order chi connectivity index (χ0) is 20.0. The molecule has 1 aromatic carbocycles. The molecule has 2 aliphatic heterocycles. The van der Waals surface area contributed by atoms with Crippen LogP contribution in [0.2, 0.25) is 5.02 Å². The number of piperidine rings is 1. The van der Waals surface area contributed by atoms with Crippen molar-refractivity contribution in [3.8, 4) is 0 Å². The van der Waals surface area contributed by atoms with Crippen LogP contribution in [-0.2, 0) is 0 Å². The van der Waals surface area contributed by atoms with E-state index in [1.54, 1.807) is 0 Å². The molecule has 158 valence electrons. The molecule has 2 atom stereocenters. The Labute approximate surface area is 174 Å². The third-order valence-electron chi connectivity index (χ3n) is 6.62. The van der Waals surface area contributed by atoms with Crippen LogP contribution in [0.5, 0.6) is 0 Å². The summed E-state index contributed by atoms with van der Waals surface area (Å²) in [6.07, 6.45) is 3.54. The third-order valence-corrected chi connectivity index (χ3v) is 6.86. The van der Waals surface area contributed by atoms with Crippen molar-refractivity contribution in [1.82, 2.24) is 9.80 Å². The first kappa shape index (κ1) is 21.8. The molecule has 2 aliphatic rings. The zero-order valence-electron chi connectivity index (χ0n) is 17.2. The van der Waals surface area contributed by atoms with E-state index in [0.717, 1.165) is 76.5 Å². The van der Waals surface area contributed by atoms with Gasteiger partial charge in [0.05, 0.1) is 12.7 Å². The lowest BCUT2D eigenvalue weighted by molar-refractivity contribution is -0.0787. The van der Waals surface area contributed by atoms with E-state index in [-0.39, 0.29) is 12.0 Å². The van der Waals surface area contributed by atoms with Gasteiger partial charge in [0.1, 0.15) is 0 Å². The highest BCUT2D eigenvalue weighted by Crippen LogP contribution is 2.36. The number of β-amino-alcohol motifs (C(OH)–C–C–N with tert-alkyl or cyclic N) is 1. The lowest BCUT2D eigenvalue weighted by atomic mass is 9.73. The van der Waals surface area contributed by atoms with Gasteiger partial charge in [-0.1, -0.05) is 31.0 Å². The molecule has 1 aromatic rings. The Morgan fingerprint density at radius 3 is 2.50 bits per heavy atom. The number of piperazine rings is 1. The van der Waals surface area contributed by atoms with Crippen LogP contribution < -0.4 is 4.90 Å². The SMILES string of the molecule is CCC[C@]1(CO)CCN(CCCN2CCN(c3cccc(Cl)c3)CC2)C[C@H]1O. The summed E-state index contributed by atoms with van der Waals surface area (Å²) < 4.78 is 0. The minimum absolute atomic E-state index is 0.104. The van der Waals surface area contributed by atoms with Crippen molar-refractivity contribution in [2.45, 2.75) is 38.7 Å². The lowest BCUT2D eigenvalue weighted by Crippen LogP contribution is -2.53. The molecule has 2 fully saturated rings. The Balaban J connectivity index is 1.36. The third kappa shape index (κ3) is 5.39. The fraction of sp³-hybridized carbons (Fsp3) is 0.727. The second-order valence-corrected chi connectivity index (χ2v) is 8.94. The van der Waals surface area contributed by atoms with Gasteiger partial charge in [-0.15, -0.1) is 0 Å². The number of aliphatic hydroxyl groups excluding tert-OH is 2. The predicted octanol–water partition coefficient (Wildman–Crippen LogP) is 2.70. The van der Waals surface area contributed by atoms with Crippen LogP contribution in [0.3, 0.4) is 0 Å². The monoisotopic (exact) mass is 409 g/mol. The van der Waals surface area contributed by atoms with Crippen LogP contribution in [0.25, 0.3) is 0 Å². The van der Waals surface area contributed by atoms with Crippen LogP contribution in [0.4, 0.5) is 5.69 Å². The quantitative estimate of drug-likeness (QED) is 0.691. The van der Waals surface area contributed by atoms with Crippen molar-refractivity contribution in [2.24, 2.45) is 5.41 Å². The van der Waals surface area contributed by atoms with Gasteiger partial charge in [0.2, 0.25) is 0 Å². The normalized spacial score (nSPS) is 27.3. The van der Waals surface area contributed by atoms with Crippen molar-refractivity contribution < 1.29 is 10.2 Å². The smallest absolute Gasteiger partial charge is 0.0745 e. The number of anilines is 1. The van der Waals surface area contributed by atoms with Crippen molar-refractivity contribution >= 4 is 17.3 Å². The van der Waals surface area contributed by atoms with E-state index < -0.39 is 6.10 Å². The summed E-state index contributed by atoms with van der Waals surface area (Å²) in [5.74, 6) is 0. The topological polar surface area (TPSA) is 50.2 Å². The van der Waals surface area contributed by atoms with Gasteiger partial charge in [0, 0.05) is 48.8 Å². The summed E-state index contributed by atoms with van der Waals surface area (Å²) in [6, 6.07) is 8.12. The first-order valence-corrected chi connectivity index (χ1v) is 11.2. The molecule has 0 aliphatic carbocycles. The van der Waals surface area contributed by atoms with Gasteiger partial charge in [0.25, 0.3) is 0 Å². The van der Waals surface area contributed by atoms with Crippen LogP contribution in [0.1, 0.15) is 32.6 Å². The number of nitrogens with zero attached hydrogens (tertiary/aromatic N) is 3. The predicted molar refractivity (Wildman–Crippen MR) is 116 cm³/mol. The first-order valence-electron chi connectivity index (χ1n) is 10.8. The van der Waals surface area contributed by atoms with E-state index in [9.17, 15) is 10.2 Å². The summed E-state index contributed by atoms with van der Waals surface area (Å²) in [5, 5.41) is 21.2. The summed E-state index contributed by atoms with van der Waals surface area (Å²) in [7, 11) is 0. The molecule has 2 N–H and O–H groups in total. The molecule has 0 aromatic heterocycles. The fourth-order valence-electron chi connectivity index (χ4n) is 4.75. The van der Waals surface area contributed by atoms with Gasteiger partial charge >= 0.3 is 0 Å². The highest BCUT2D eigenvalue weighted by molar-refractivity contribution is 6.30. The molecule has 2 heterocycles. The van der Waals surface area contributed by atoms with E-state index in [1.807, 2.05) is 18.2 Å². The van der Waals surface area contributed by atoms with Gasteiger partial charge in [-0.3, -0.25) is 4.90 Å². The number of benzene rings is 1. The van der Waals surface area contributed by atoms with Gasteiger partial charge in [-0.2, -0.15) is 0 Å². The molecule has 0 radical (unpaired) electrons. The Morgan fingerprint density at radius 2 is 1.86 bits per heavy atom. The van der Waals surface area contributed by atoms with Gasteiger partial charge in [-0.25, -0.2) is 0 Å². The summed E-state index contributed by atoms with van der Waals surface area (Å²) >= 11 is 6.12. The van der Waals surface area contributed by atoms with Crippen LogP contribution in [-0.4, -0.2) is 85.1 Å². The summed E-state index contributed by atoms with van der Waals surface area (Å²) in [5.41, 5.74) is 0.941. The highest BCUT2D eigenvalue weighted by atomic mass is 35.5. The molecule has 0 bridgehead atoms. The number of halogens is 1. The second-order valence-electron chi connectivity index (χ2n) is 8.50.